The molecule has 2 aromatic rings. The highest BCUT2D eigenvalue weighted by Crippen LogP contribution is 2.36. The Labute approximate surface area is 126 Å². The average Bonchev–Trinajstić information content (AvgIpc) is 2.48. The monoisotopic (exact) mass is 302 g/mol. The number of nitrogens with zero attached hydrogens (tertiary/aromatic N) is 2. The zero-order valence-corrected chi connectivity index (χ0v) is 11.9. The van der Waals surface area contributed by atoms with Gasteiger partial charge in [-0.1, -0.05) is 6.07 Å². The van der Waals surface area contributed by atoms with Gasteiger partial charge >= 0.3 is 0 Å². The molecule has 5 heteroatoms. The van der Waals surface area contributed by atoms with Crippen molar-refractivity contribution in [3.63, 3.8) is 0 Å². The van der Waals surface area contributed by atoms with E-state index >= 15 is 0 Å². The number of halogens is 3. The third-order valence-corrected chi connectivity index (χ3v) is 4.13. The second kappa shape index (κ2) is 5.38. The molecule has 0 radical (unpaired) electrons. The fourth-order valence-electron chi connectivity index (χ4n) is 3.05. The average molecular weight is 302 g/mol. The second-order valence-electron chi connectivity index (χ2n) is 5.32. The molecule has 112 valence electrons. The van der Waals surface area contributed by atoms with Crippen LogP contribution in [0.25, 0.3) is 0 Å². The summed E-state index contributed by atoms with van der Waals surface area (Å²) in [6.45, 7) is 2.23. The van der Waals surface area contributed by atoms with Gasteiger partial charge in [-0.15, -0.1) is 0 Å². The Morgan fingerprint density at radius 1 is 1.18 bits per heavy atom. The van der Waals surface area contributed by atoms with Crippen LogP contribution in [0.5, 0.6) is 0 Å². The van der Waals surface area contributed by atoms with E-state index in [1.54, 1.807) is 13.0 Å². The predicted octanol–water partition coefficient (Wildman–Crippen LogP) is 4.10. The minimum atomic E-state index is -0.635. The first-order chi connectivity index (χ1) is 10.5. The summed E-state index contributed by atoms with van der Waals surface area (Å²) in [5.41, 5.74) is 1.43. The van der Waals surface area contributed by atoms with Gasteiger partial charge in [0.2, 0.25) is 0 Å². The van der Waals surface area contributed by atoms with E-state index in [4.69, 9.17) is 5.26 Å². The van der Waals surface area contributed by atoms with Crippen LogP contribution in [0.4, 0.5) is 18.9 Å². The number of fused-ring (bicyclic) bond motifs is 1. The molecule has 2 nitrogen and oxygen atoms in total. The molecule has 0 spiro atoms. The van der Waals surface area contributed by atoms with Gasteiger partial charge in [-0.05, 0) is 42.7 Å². The molecule has 0 aromatic heterocycles. The van der Waals surface area contributed by atoms with Crippen LogP contribution < -0.4 is 4.90 Å². The molecule has 1 aliphatic rings. The molecule has 1 atom stereocenters. The first kappa shape index (κ1) is 14.5. The molecule has 3 rings (SSSR count). The topological polar surface area (TPSA) is 27.0 Å². The van der Waals surface area contributed by atoms with E-state index in [9.17, 15) is 13.2 Å². The summed E-state index contributed by atoms with van der Waals surface area (Å²) < 4.78 is 41.2. The smallest absolute Gasteiger partial charge is 0.143 e. The van der Waals surface area contributed by atoms with Crippen molar-refractivity contribution in [3.8, 4) is 6.07 Å². The minimum absolute atomic E-state index is 0.0466. The number of benzene rings is 2. The zero-order valence-electron chi connectivity index (χ0n) is 11.9. The van der Waals surface area contributed by atoms with Gasteiger partial charge in [-0.3, -0.25) is 0 Å². The molecule has 2 aromatic carbocycles. The normalized spacial score (nSPS) is 17.0. The van der Waals surface area contributed by atoms with Crippen molar-refractivity contribution < 1.29 is 13.2 Å². The maximum Gasteiger partial charge on any atom is 0.143 e. The van der Waals surface area contributed by atoms with E-state index in [2.05, 4.69) is 0 Å². The lowest BCUT2D eigenvalue weighted by atomic mass is 9.92. The third-order valence-electron chi connectivity index (χ3n) is 4.13. The number of rotatable bonds is 1. The fraction of sp³-hybridized carbons (Fsp3) is 0.235. The van der Waals surface area contributed by atoms with Crippen molar-refractivity contribution in [2.45, 2.75) is 19.4 Å². The van der Waals surface area contributed by atoms with Crippen LogP contribution >= 0.6 is 0 Å². The van der Waals surface area contributed by atoms with E-state index in [0.717, 1.165) is 6.07 Å². The molecule has 1 unspecified atom stereocenters. The lowest BCUT2D eigenvalue weighted by Gasteiger charge is -2.37. The van der Waals surface area contributed by atoms with Gasteiger partial charge in [0.1, 0.15) is 29.1 Å². The summed E-state index contributed by atoms with van der Waals surface area (Å²) in [5, 5.41) is 9.16. The standard InChI is InChI=1S/C17H13F3N2/c1-10-13-7-11(18)8-16(20)12(13)5-6-22(10)17-4-2-3-15(19)14(17)9-21/h2-4,7-8,10H,5-6H2,1H3. The molecular formula is C17H13F3N2. The van der Waals surface area contributed by atoms with Gasteiger partial charge in [0.05, 0.1) is 11.7 Å². The highest BCUT2D eigenvalue weighted by molar-refractivity contribution is 5.62. The summed E-state index contributed by atoms with van der Waals surface area (Å²) in [6.07, 6.45) is 0.382. The van der Waals surface area contributed by atoms with Crippen LogP contribution in [-0.4, -0.2) is 6.54 Å². The maximum atomic E-state index is 13.9. The van der Waals surface area contributed by atoms with Crippen LogP contribution in [0.1, 0.15) is 29.7 Å². The Hall–Kier alpha value is -2.48. The molecule has 0 amide bonds. The van der Waals surface area contributed by atoms with Crippen LogP contribution in [0.15, 0.2) is 30.3 Å². The van der Waals surface area contributed by atoms with Crippen molar-refractivity contribution in [3.05, 3.63) is 64.5 Å². The van der Waals surface area contributed by atoms with Crippen LogP contribution in [-0.2, 0) is 6.42 Å². The first-order valence-electron chi connectivity index (χ1n) is 6.96. The predicted molar refractivity (Wildman–Crippen MR) is 76.9 cm³/mol. The zero-order chi connectivity index (χ0) is 15.9. The van der Waals surface area contributed by atoms with Crippen molar-refractivity contribution in [2.75, 3.05) is 11.4 Å². The molecular weight excluding hydrogens is 289 g/mol. The Bertz CT molecular complexity index is 780. The molecule has 0 fully saturated rings. The largest absolute Gasteiger partial charge is 0.363 e. The molecule has 0 bridgehead atoms. The molecule has 1 aliphatic heterocycles. The number of hydrogen-bond donors (Lipinski definition) is 0. The lowest BCUT2D eigenvalue weighted by molar-refractivity contribution is 0.535. The van der Waals surface area contributed by atoms with Crippen LogP contribution in [0.2, 0.25) is 0 Å². The molecule has 0 aliphatic carbocycles. The van der Waals surface area contributed by atoms with E-state index in [-0.39, 0.29) is 11.6 Å². The van der Waals surface area contributed by atoms with E-state index in [1.807, 2.05) is 11.0 Å². The molecule has 0 N–H and O–H groups in total. The van der Waals surface area contributed by atoms with Gasteiger partial charge in [0, 0.05) is 12.6 Å². The van der Waals surface area contributed by atoms with Gasteiger partial charge in [-0.2, -0.15) is 5.26 Å². The summed E-state index contributed by atoms with van der Waals surface area (Å²) >= 11 is 0. The van der Waals surface area contributed by atoms with Gasteiger partial charge < -0.3 is 4.90 Å². The number of nitriles is 1. The highest BCUT2D eigenvalue weighted by Gasteiger charge is 2.28. The van der Waals surface area contributed by atoms with E-state index in [1.165, 1.54) is 18.2 Å². The van der Waals surface area contributed by atoms with Crippen molar-refractivity contribution in [1.82, 2.24) is 0 Å². The van der Waals surface area contributed by atoms with E-state index in [0.29, 0.717) is 29.8 Å². The molecule has 0 saturated heterocycles. The van der Waals surface area contributed by atoms with Gasteiger partial charge in [0.25, 0.3) is 0 Å². The van der Waals surface area contributed by atoms with Gasteiger partial charge in [0.15, 0.2) is 0 Å². The number of hydrogen-bond acceptors (Lipinski definition) is 2. The van der Waals surface area contributed by atoms with Crippen LogP contribution in [0, 0.1) is 28.8 Å². The van der Waals surface area contributed by atoms with Crippen molar-refractivity contribution >= 4 is 5.69 Å². The SMILES string of the molecule is CC1c2cc(F)cc(F)c2CCN1c1cccc(F)c1C#N. The Kier molecular flexibility index (Phi) is 3.53. The minimum Gasteiger partial charge on any atom is -0.363 e. The molecule has 22 heavy (non-hydrogen) atoms. The highest BCUT2D eigenvalue weighted by atomic mass is 19.1. The Morgan fingerprint density at radius 3 is 2.68 bits per heavy atom. The lowest BCUT2D eigenvalue weighted by Crippen LogP contribution is -2.35. The second-order valence-corrected chi connectivity index (χ2v) is 5.32. The van der Waals surface area contributed by atoms with E-state index < -0.39 is 17.5 Å². The van der Waals surface area contributed by atoms with Gasteiger partial charge in [-0.25, -0.2) is 13.2 Å². The quantitative estimate of drug-likeness (QED) is 0.793. The number of anilines is 1. The summed E-state index contributed by atoms with van der Waals surface area (Å²) in [4.78, 5) is 1.81. The third kappa shape index (κ3) is 2.21. The molecule has 0 saturated carbocycles. The Balaban J connectivity index is 2.09. The summed E-state index contributed by atoms with van der Waals surface area (Å²) in [5.74, 6) is -1.78. The maximum absolute atomic E-state index is 13.9. The van der Waals surface area contributed by atoms with Crippen LogP contribution in [0.3, 0.4) is 0 Å². The van der Waals surface area contributed by atoms with Crippen molar-refractivity contribution in [1.29, 1.82) is 5.26 Å². The van der Waals surface area contributed by atoms with Crippen molar-refractivity contribution in [2.24, 2.45) is 0 Å². The molecule has 1 heterocycles. The summed E-state index contributed by atoms with van der Waals surface area (Å²) in [7, 11) is 0. The first-order valence-corrected chi connectivity index (χ1v) is 6.96. The Morgan fingerprint density at radius 2 is 1.95 bits per heavy atom. The fourth-order valence-corrected chi connectivity index (χ4v) is 3.05. The summed E-state index contributed by atoms with van der Waals surface area (Å²) in [6, 6.07) is 8.11.